The van der Waals surface area contributed by atoms with Gasteiger partial charge >= 0.3 is 5.97 Å². The summed E-state index contributed by atoms with van der Waals surface area (Å²) in [6, 6.07) is 5.67. The largest absolute Gasteiger partial charge is 0.497 e. The standard InChI is InChI=1S/C23H26O5/c1-15(24)28-23-19-9-6-8-17(25-2)13-16(19)7-5-10-20(23)21-14-18(26-3)11-12-22(21)27-4/h8-9,11-14H,5-7,10H2,1-4H3. The molecular weight excluding hydrogens is 356 g/mol. The van der Waals surface area contributed by atoms with E-state index in [1.807, 2.05) is 30.4 Å². The second kappa shape index (κ2) is 8.83. The number of allylic oxidation sites excluding steroid dienone is 5. The molecule has 2 aliphatic rings. The summed E-state index contributed by atoms with van der Waals surface area (Å²) in [4.78, 5) is 12.0. The van der Waals surface area contributed by atoms with Crippen molar-refractivity contribution >= 4 is 11.5 Å². The van der Waals surface area contributed by atoms with Gasteiger partial charge in [-0.1, -0.05) is 6.08 Å². The van der Waals surface area contributed by atoms with Crippen molar-refractivity contribution in [3.8, 4) is 11.5 Å². The van der Waals surface area contributed by atoms with Gasteiger partial charge in [-0.15, -0.1) is 0 Å². The number of hydrogen-bond donors (Lipinski definition) is 0. The van der Waals surface area contributed by atoms with Crippen molar-refractivity contribution < 1.29 is 23.7 Å². The summed E-state index contributed by atoms with van der Waals surface area (Å²) in [5.41, 5.74) is 3.88. The Morgan fingerprint density at radius 1 is 1.00 bits per heavy atom. The first kappa shape index (κ1) is 19.8. The molecule has 28 heavy (non-hydrogen) atoms. The molecule has 5 nitrogen and oxygen atoms in total. The fraction of sp³-hybridized carbons (Fsp3) is 0.348. The number of esters is 1. The molecule has 1 aromatic rings. The summed E-state index contributed by atoms with van der Waals surface area (Å²) in [6.07, 6.45) is 9.39. The van der Waals surface area contributed by atoms with Gasteiger partial charge in [-0.2, -0.15) is 0 Å². The van der Waals surface area contributed by atoms with Gasteiger partial charge in [0.2, 0.25) is 0 Å². The number of fused-ring (bicyclic) bond motifs is 1. The lowest BCUT2D eigenvalue weighted by Gasteiger charge is -2.18. The van der Waals surface area contributed by atoms with E-state index >= 15 is 0 Å². The number of carbonyl (C=O) groups excluding carboxylic acids is 1. The van der Waals surface area contributed by atoms with Gasteiger partial charge in [-0.05, 0) is 61.6 Å². The summed E-state index contributed by atoms with van der Waals surface area (Å²) in [5.74, 6) is 2.52. The Balaban J connectivity index is 2.22. The first-order valence-electron chi connectivity index (χ1n) is 9.37. The summed E-state index contributed by atoms with van der Waals surface area (Å²) >= 11 is 0. The molecule has 2 aliphatic carbocycles. The molecule has 0 aromatic heterocycles. The molecular formula is C23H26O5. The molecule has 0 saturated carbocycles. The summed E-state index contributed by atoms with van der Waals surface area (Å²) in [6.45, 7) is 1.43. The first-order chi connectivity index (χ1) is 13.6. The predicted octanol–water partition coefficient (Wildman–Crippen LogP) is 4.95. The molecule has 0 saturated heterocycles. The Labute approximate surface area is 165 Å². The van der Waals surface area contributed by atoms with Crippen LogP contribution < -0.4 is 9.47 Å². The number of hydrogen-bond acceptors (Lipinski definition) is 5. The van der Waals surface area contributed by atoms with Gasteiger partial charge in [0.05, 0.1) is 21.3 Å². The van der Waals surface area contributed by atoms with E-state index in [0.29, 0.717) is 12.2 Å². The second-order valence-corrected chi connectivity index (χ2v) is 6.65. The van der Waals surface area contributed by atoms with Gasteiger partial charge < -0.3 is 18.9 Å². The molecule has 5 heteroatoms. The van der Waals surface area contributed by atoms with E-state index in [1.54, 1.807) is 21.3 Å². The lowest BCUT2D eigenvalue weighted by atomic mass is 9.96. The van der Waals surface area contributed by atoms with Crippen molar-refractivity contribution in [3.63, 3.8) is 0 Å². The summed E-state index contributed by atoms with van der Waals surface area (Å²) < 4.78 is 22.2. The van der Waals surface area contributed by atoms with Crippen LogP contribution in [0.1, 0.15) is 38.2 Å². The predicted molar refractivity (Wildman–Crippen MR) is 108 cm³/mol. The molecule has 0 radical (unpaired) electrons. The molecule has 148 valence electrons. The van der Waals surface area contributed by atoms with Crippen LogP contribution in [0.25, 0.3) is 5.57 Å². The van der Waals surface area contributed by atoms with E-state index < -0.39 is 0 Å². The lowest BCUT2D eigenvalue weighted by Crippen LogP contribution is -2.06. The molecule has 0 amide bonds. The quantitative estimate of drug-likeness (QED) is 0.675. The van der Waals surface area contributed by atoms with E-state index in [2.05, 4.69) is 6.08 Å². The van der Waals surface area contributed by atoms with Gasteiger partial charge in [0, 0.05) is 23.6 Å². The highest BCUT2D eigenvalue weighted by molar-refractivity contribution is 5.81. The Morgan fingerprint density at radius 3 is 2.50 bits per heavy atom. The molecule has 0 fully saturated rings. The third-order valence-corrected chi connectivity index (χ3v) is 4.91. The highest BCUT2D eigenvalue weighted by atomic mass is 16.5. The lowest BCUT2D eigenvalue weighted by molar-refractivity contribution is -0.136. The van der Waals surface area contributed by atoms with Gasteiger partial charge in [0.1, 0.15) is 23.0 Å². The van der Waals surface area contributed by atoms with Gasteiger partial charge in [-0.3, -0.25) is 4.79 Å². The minimum absolute atomic E-state index is 0.347. The van der Waals surface area contributed by atoms with Crippen LogP contribution in [0.2, 0.25) is 0 Å². The Kier molecular flexibility index (Phi) is 6.24. The zero-order valence-corrected chi connectivity index (χ0v) is 16.8. The number of rotatable bonds is 5. The van der Waals surface area contributed by atoms with Crippen LogP contribution in [0.3, 0.4) is 0 Å². The highest BCUT2D eigenvalue weighted by Crippen LogP contribution is 2.42. The van der Waals surface area contributed by atoms with Crippen LogP contribution in [0.15, 0.2) is 59.1 Å². The van der Waals surface area contributed by atoms with E-state index in [0.717, 1.165) is 58.8 Å². The molecule has 0 heterocycles. The molecule has 1 aromatic carbocycles. The van der Waals surface area contributed by atoms with Crippen molar-refractivity contribution in [1.29, 1.82) is 0 Å². The maximum Gasteiger partial charge on any atom is 0.308 e. The van der Waals surface area contributed by atoms with Crippen molar-refractivity contribution in [1.82, 2.24) is 0 Å². The minimum Gasteiger partial charge on any atom is -0.497 e. The smallest absolute Gasteiger partial charge is 0.308 e. The van der Waals surface area contributed by atoms with Crippen molar-refractivity contribution in [2.45, 2.75) is 32.6 Å². The number of benzene rings is 1. The second-order valence-electron chi connectivity index (χ2n) is 6.65. The molecule has 3 rings (SSSR count). The van der Waals surface area contributed by atoms with Gasteiger partial charge in [0.15, 0.2) is 0 Å². The monoisotopic (exact) mass is 382 g/mol. The van der Waals surface area contributed by atoms with Crippen LogP contribution in [0.5, 0.6) is 11.5 Å². The highest BCUT2D eigenvalue weighted by Gasteiger charge is 2.26. The van der Waals surface area contributed by atoms with Crippen LogP contribution in [-0.4, -0.2) is 27.3 Å². The van der Waals surface area contributed by atoms with Gasteiger partial charge in [0.25, 0.3) is 0 Å². The zero-order chi connectivity index (χ0) is 20.1. The molecule has 0 atom stereocenters. The maximum atomic E-state index is 12.0. The zero-order valence-electron chi connectivity index (χ0n) is 16.8. The molecule has 0 aliphatic heterocycles. The van der Waals surface area contributed by atoms with E-state index in [4.69, 9.17) is 18.9 Å². The summed E-state index contributed by atoms with van der Waals surface area (Å²) in [5, 5.41) is 0. The average Bonchev–Trinajstić information content (AvgIpc) is 2.99. The molecule has 0 N–H and O–H groups in total. The van der Waals surface area contributed by atoms with Crippen molar-refractivity contribution in [3.05, 3.63) is 64.7 Å². The van der Waals surface area contributed by atoms with E-state index in [9.17, 15) is 4.79 Å². The average molecular weight is 382 g/mol. The fourth-order valence-corrected chi connectivity index (χ4v) is 3.62. The number of carbonyl (C=O) groups is 1. The topological polar surface area (TPSA) is 54.0 Å². The third kappa shape index (κ3) is 4.14. The Hall–Kier alpha value is -2.95. The Morgan fingerprint density at radius 2 is 1.82 bits per heavy atom. The van der Waals surface area contributed by atoms with Crippen LogP contribution in [-0.2, 0) is 14.3 Å². The summed E-state index contributed by atoms with van der Waals surface area (Å²) in [7, 11) is 4.94. The van der Waals surface area contributed by atoms with Crippen LogP contribution in [0.4, 0.5) is 0 Å². The Bertz CT molecular complexity index is 886. The molecule has 0 unspecified atom stereocenters. The van der Waals surface area contributed by atoms with Crippen molar-refractivity contribution in [2.24, 2.45) is 0 Å². The van der Waals surface area contributed by atoms with Gasteiger partial charge in [-0.25, -0.2) is 0 Å². The van der Waals surface area contributed by atoms with Crippen LogP contribution in [0, 0.1) is 0 Å². The molecule has 0 spiro atoms. The van der Waals surface area contributed by atoms with Crippen molar-refractivity contribution in [2.75, 3.05) is 21.3 Å². The first-order valence-corrected chi connectivity index (χ1v) is 9.37. The van der Waals surface area contributed by atoms with Crippen LogP contribution >= 0.6 is 0 Å². The number of methoxy groups -OCH3 is 3. The third-order valence-electron chi connectivity index (χ3n) is 4.91. The number of ether oxygens (including phenoxy) is 4. The van der Waals surface area contributed by atoms with E-state index in [-0.39, 0.29) is 5.97 Å². The molecule has 0 bridgehead atoms. The van der Waals surface area contributed by atoms with E-state index in [1.165, 1.54) is 6.92 Å². The minimum atomic E-state index is -0.347. The maximum absolute atomic E-state index is 12.0. The fourth-order valence-electron chi connectivity index (χ4n) is 3.62. The SMILES string of the molecule is COC1=CCC=C2C(=C1)CCCC(c1cc(OC)ccc1OC)=C2OC(C)=O. The normalized spacial score (nSPS) is 16.6.